The Labute approximate surface area is 139 Å². The number of fused-ring (bicyclic) bond motifs is 2. The molecule has 0 amide bonds. The Bertz CT molecular complexity index is 911. The van der Waals surface area contributed by atoms with Crippen molar-refractivity contribution in [2.45, 2.75) is 39.2 Å². The fourth-order valence-electron chi connectivity index (χ4n) is 3.40. The lowest BCUT2D eigenvalue weighted by atomic mass is 9.99. The third-order valence-electron chi connectivity index (χ3n) is 4.45. The summed E-state index contributed by atoms with van der Waals surface area (Å²) in [7, 11) is 0. The lowest BCUT2D eigenvalue weighted by molar-refractivity contribution is -0.145. The van der Waals surface area contributed by atoms with Gasteiger partial charge in [-0.15, -0.1) is 10.2 Å². The molecular weight excluding hydrogens is 306 g/mol. The molecule has 7 heteroatoms. The average Bonchev–Trinajstić information content (AvgIpc) is 3.14. The highest BCUT2D eigenvalue weighted by atomic mass is 16.5. The molecule has 0 N–H and O–H groups in total. The van der Waals surface area contributed by atoms with Crippen LogP contribution in [0.3, 0.4) is 0 Å². The Morgan fingerprint density at radius 2 is 2.25 bits per heavy atom. The van der Waals surface area contributed by atoms with E-state index in [2.05, 4.69) is 15.2 Å². The number of imidazole rings is 1. The Balaban J connectivity index is 1.84. The van der Waals surface area contributed by atoms with Gasteiger partial charge in [-0.1, -0.05) is 6.07 Å². The van der Waals surface area contributed by atoms with Crippen molar-refractivity contribution >= 4 is 11.6 Å². The lowest BCUT2D eigenvalue weighted by Crippen LogP contribution is -2.25. The maximum atomic E-state index is 12.2. The van der Waals surface area contributed by atoms with Crippen molar-refractivity contribution in [1.29, 1.82) is 0 Å². The van der Waals surface area contributed by atoms with Gasteiger partial charge in [0.25, 0.3) is 0 Å². The number of carbonyl (C=O) groups is 1. The molecule has 0 fully saturated rings. The van der Waals surface area contributed by atoms with Crippen LogP contribution in [0.4, 0.5) is 0 Å². The second kappa shape index (κ2) is 5.74. The van der Waals surface area contributed by atoms with Gasteiger partial charge in [0.15, 0.2) is 5.82 Å². The molecule has 1 unspecified atom stereocenters. The van der Waals surface area contributed by atoms with Crippen LogP contribution >= 0.6 is 0 Å². The molecule has 0 aromatic carbocycles. The van der Waals surface area contributed by atoms with Crippen LogP contribution in [0.1, 0.15) is 37.2 Å². The topological polar surface area (TPSA) is 74.3 Å². The first-order chi connectivity index (χ1) is 11.7. The van der Waals surface area contributed by atoms with E-state index in [1.807, 2.05) is 47.2 Å². The maximum Gasteiger partial charge on any atom is 0.316 e. The molecule has 3 aromatic rings. The highest BCUT2D eigenvalue weighted by Gasteiger charge is 2.33. The van der Waals surface area contributed by atoms with E-state index in [0.717, 1.165) is 42.2 Å². The van der Waals surface area contributed by atoms with Gasteiger partial charge in [0, 0.05) is 12.7 Å². The first-order valence-corrected chi connectivity index (χ1v) is 8.24. The summed E-state index contributed by atoms with van der Waals surface area (Å²) in [6, 6.07) is 5.89. The summed E-state index contributed by atoms with van der Waals surface area (Å²) >= 11 is 0. The van der Waals surface area contributed by atoms with Gasteiger partial charge in [-0.05, 0) is 38.8 Å². The number of aromatic nitrogens is 5. The van der Waals surface area contributed by atoms with E-state index in [4.69, 9.17) is 4.74 Å². The van der Waals surface area contributed by atoms with Crippen LogP contribution in [0.5, 0.6) is 0 Å². The molecule has 0 spiro atoms. The second-order valence-electron chi connectivity index (χ2n) is 5.95. The van der Waals surface area contributed by atoms with Crippen molar-refractivity contribution in [2.75, 3.05) is 6.61 Å². The molecule has 0 aliphatic carbocycles. The van der Waals surface area contributed by atoms with E-state index >= 15 is 0 Å². The first-order valence-electron chi connectivity index (χ1n) is 8.24. The van der Waals surface area contributed by atoms with Gasteiger partial charge in [0.1, 0.15) is 23.1 Å². The summed E-state index contributed by atoms with van der Waals surface area (Å²) in [5.41, 5.74) is 2.70. The van der Waals surface area contributed by atoms with E-state index in [1.54, 1.807) is 0 Å². The van der Waals surface area contributed by atoms with Gasteiger partial charge in [0.05, 0.1) is 12.3 Å². The molecule has 7 nitrogen and oxygen atoms in total. The van der Waals surface area contributed by atoms with Crippen LogP contribution in [0.15, 0.2) is 24.4 Å². The van der Waals surface area contributed by atoms with Gasteiger partial charge in [-0.25, -0.2) is 4.98 Å². The number of carbonyl (C=O) groups excluding carboxylic acids is 1. The summed E-state index contributed by atoms with van der Waals surface area (Å²) in [6.45, 7) is 4.96. The van der Waals surface area contributed by atoms with Crippen LogP contribution in [-0.4, -0.2) is 36.7 Å². The standard InChI is InChI=1S/C17H19N5O2/c1-3-24-17(23)12-7-6-10-22-15(12)19-20-16(22)14-11(2)18-13-8-4-5-9-21(13)14/h4-5,8-9,12H,3,6-7,10H2,1-2H3. The lowest BCUT2D eigenvalue weighted by Gasteiger charge is -2.22. The van der Waals surface area contributed by atoms with Crippen LogP contribution in [-0.2, 0) is 16.1 Å². The van der Waals surface area contributed by atoms with Crippen LogP contribution in [0.25, 0.3) is 17.2 Å². The molecule has 3 aromatic heterocycles. The fourth-order valence-corrected chi connectivity index (χ4v) is 3.40. The van der Waals surface area contributed by atoms with Gasteiger partial charge in [-0.3, -0.25) is 9.20 Å². The van der Waals surface area contributed by atoms with Crippen molar-refractivity contribution in [3.63, 3.8) is 0 Å². The summed E-state index contributed by atoms with van der Waals surface area (Å²) in [6.07, 6.45) is 3.62. The molecule has 4 rings (SSSR count). The largest absolute Gasteiger partial charge is 0.465 e. The van der Waals surface area contributed by atoms with E-state index in [-0.39, 0.29) is 11.9 Å². The third kappa shape index (κ3) is 2.19. The summed E-state index contributed by atoms with van der Waals surface area (Å²) < 4.78 is 9.25. The zero-order valence-electron chi connectivity index (χ0n) is 13.8. The predicted octanol–water partition coefficient (Wildman–Crippen LogP) is 2.34. The van der Waals surface area contributed by atoms with Crippen molar-refractivity contribution in [1.82, 2.24) is 24.1 Å². The molecule has 4 heterocycles. The molecular formula is C17H19N5O2. The predicted molar refractivity (Wildman–Crippen MR) is 87.6 cm³/mol. The minimum Gasteiger partial charge on any atom is -0.465 e. The summed E-state index contributed by atoms with van der Waals surface area (Å²) in [4.78, 5) is 16.8. The Morgan fingerprint density at radius 3 is 3.08 bits per heavy atom. The van der Waals surface area contributed by atoms with Crippen molar-refractivity contribution in [3.8, 4) is 11.5 Å². The smallest absolute Gasteiger partial charge is 0.316 e. The third-order valence-corrected chi connectivity index (χ3v) is 4.45. The normalized spacial score (nSPS) is 17.0. The van der Waals surface area contributed by atoms with Crippen molar-refractivity contribution in [3.05, 3.63) is 35.9 Å². The van der Waals surface area contributed by atoms with Gasteiger partial charge >= 0.3 is 5.97 Å². The molecule has 0 saturated carbocycles. The van der Waals surface area contributed by atoms with Gasteiger partial charge in [0.2, 0.25) is 0 Å². The zero-order valence-corrected chi connectivity index (χ0v) is 13.8. The van der Waals surface area contributed by atoms with E-state index in [0.29, 0.717) is 12.4 Å². The average molecular weight is 325 g/mol. The Hall–Kier alpha value is -2.70. The number of hydrogen-bond acceptors (Lipinski definition) is 5. The van der Waals surface area contributed by atoms with Gasteiger partial charge < -0.3 is 9.30 Å². The maximum absolute atomic E-state index is 12.2. The molecule has 1 aliphatic heterocycles. The number of nitrogens with zero attached hydrogens (tertiary/aromatic N) is 5. The SMILES string of the molecule is CCOC(=O)C1CCCn2c(-c3c(C)nc4ccccn34)nnc21. The highest BCUT2D eigenvalue weighted by molar-refractivity contribution is 5.77. The van der Waals surface area contributed by atoms with Gasteiger partial charge in [-0.2, -0.15) is 0 Å². The fraction of sp³-hybridized carbons (Fsp3) is 0.412. The van der Waals surface area contributed by atoms with E-state index in [9.17, 15) is 4.79 Å². The molecule has 1 atom stereocenters. The Kier molecular flexibility index (Phi) is 3.55. The van der Waals surface area contributed by atoms with Crippen molar-refractivity contribution in [2.24, 2.45) is 0 Å². The monoisotopic (exact) mass is 325 g/mol. The molecule has 0 radical (unpaired) electrons. The number of hydrogen-bond donors (Lipinski definition) is 0. The number of esters is 1. The zero-order chi connectivity index (χ0) is 16.7. The number of rotatable bonds is 3. The molecule has 124 valence electrons. The second-order valence-corrected chi connectivity index (χ2v) is 5.95. The molecule has 1 aliphatic rings. The summed E-state index contributed by atoms with van der Waals surface area (Å²) in [5, 5.41) is 8.70. The van der Waals surface area contributed by atoms with E-state index in [1.165, 1.54) is 0 Å². The first kappa shape index (κ1) is 14.9. The van der Waals surface area contributed by atoms with Crippen molar-refractivity contribution < 1.29 is 9.53 Å². The minimum atomic E-state index is -0.334. The Morgan fingerprint density at radius 1 is 1.38 bits per heavy atom. The number of pyridine rings is 1. The van der Waals surface area contributed by atoms with Crippen LogP contribution in [0.2, 0.25) is 0 Å². The van der Waals surface area contributed by atoms with E-state index < -0.39 is 0 Å². The minimum absolute atomic E-state index is 0.215. The number of aryl methyl sites for hydroxylation is 1. The number of ether oxygens (including phenoxy) is 1. The summed E-state index contributed by atoms with van der Waals surface area (Å²) in [5.74, 6) is 0.905. The van der Waals surface area contributed by atoms with Crippen LogP contribution < -0.4 is 0 Å². The molecule has 24 heavy (non-hydrogen) atoms. The highest BCUT2D eigenvalue weighted by Crippen LogP contribution is 2.32. The quantitative estimate of drug-likeness (QED) is 0.691. The molecule has 0 saturated heterocycles. The van der Waals surface area contributed by atoms with Crippen LogP contribution in [0, 0.1) is 6.92 Å². The molecule has 0 bridgehead atoms.